The smallest absolute Gasteiger partial charge is 0.264 e. The molecule has 0 bridgehead atoms. The van der Waals surface area contributed by atoms with Crippen molar-refractivity contribution in [3.05, 3.63) is 77.3 Å². The van der Waals surface area contributed by atoms with Crippen LogP contribution in [0.3, 0.4) is 0 Å². The van der Waals surface area contributed by atoms with E-state index in [9.17, 15) is 21.6 Å². The van der Waals surface area contributed by atoms with Crippen molar-refractivity contribution < 1.29 is 26.4 Å². The van der Waals surface area contributed by atoms with Gasteiger partial charge >= 0.3 is 0 Å². The molecule has 37 heavy (non-hydrogen) atoms. The first kappa shape index (κ1) is 28.5. The highest BCUT2D eigenvalue weighted by atomic mass is 35.5. The first-order valence-corrected chi connectivity index (χ1v) is 14.5. The van der Waals surface area contributed by atoms with E-state index >= 15 is 0 Å². The minimum Gasteiger partial charge on any atom is -0.495 e. The van der Waals surface area contributed by atoms with E-state index < -0.39 is 32.5 Å². The molecule has 0 radical (unpaired) electrons. The summed E-state index contributed by atoms with van der Waals surface area (Å²) in [5, 5.41) is 2.92. The Balaban J connectivity index is 1.99. The number of carbonyl (C=O) groups excluding carboxylic acids is 1. The van der Waals surface area contributed by atoms with E-state index in [1.807, 2.05) is 0 Å². The van der Waals surface area contributed by atoms with E-state index in [0.717, 1.165) is 9.87 Å². The number of nitrogens with zero attached hydrogens (tertiary/aromatic N) is 1. The van der Waals surface area contributed by atoms with Gasteiger partial charge in [-0.1, -0.05) is 35.9 Å². The zero-order valence-electron chi connectivity index (χ0n) is 20.7. The van der Waals surface area contributed by atoms with E-state index in [1.165, 1.54) is 43.5 Å². The molecule has 3 aromatic rings. The van der Waals surface area contributed by atoms with Crippen molar-refractivity contribution in [2.45, 2.75) is 36.6 Å². The second-order valence-electron chi connectivity index (χ2n) is 8.44. The lowest BCUT2D eigenvalue weighted by molar-refractivity contribution is -0.114. The maximum Gasteiger partial charge on any atom is 0.264 e. The molecular weight excluding hydrogens is 538 g/mol. The Labute approximate surface area is 222 Å². The van der Waals surface area contributed by atoms with Crippen LogP contribution >= 0.6 is 11.6 Å². The fraction of sp³-hybridized carbons (Fsp3) is 0.240. The average molecular weight is 566 g/mol. The van der Waals surface area contributed by atoms with Gasteiger partial charge in [0, 0.05) is 11.1 Å². The van der Waals surface area contributed by atoms with Crippen molar-refractivity contribution in [2.75, 3.05) is 23.3 Å². The van der Waals surface area contributed by atoms with E-state index in [4.69, 9.17) is 16.3 Å². The summed E-state index contributed by atoms with van der Waals surface area (Å²) in [5.74, 6) is -0.520. The summed E-state index contributed by atoms with van der Waals surface area (Å²) in [7, 11) is -6.64. The van der Waals surface area contributed by atoms with Gasteiger partial charge in [0.1, 0.15) is 12.3 Å². The maximum absolute atomic E-state index is 13.5. The van der Waals surface area contributed by atoms with Gasteiger partial charge in [0.15, 0.2) is 0 Å². The third kappa shape index (κ3) is 6.80. The molecular formula is C25H28ClN3O6S2. The molecule has 0 heterocycles. The minimum atomic E-state index is -4.15. The van der Waals surface area contributed by atoms with Crippen LogP contribution in [0.4, 0.5) is 11.4 Å². The van der Waals surface area contributed by atoms with Gasteiger partial charge in [-0.25, -0.2) is 21.6 Å². The minimum absolute atomic E-state index is 0.00933. The molecule has 0 saturated heterocycles. The Bertz CT molecular complexity index is 1490. The van der Waals surface area contributed by atoms with Crippen molar-refractivity contribution in [3.63, 3.8) is 0 Å². The number of anilines is 2. The Morgan fingerprint density at radius 3 is 2.24 bits per heavy atom. The average Bonchev–Trinajstić information content (AvgIpc) is 2.84. The third-order valence-electron chi connectivity index (χ3n) is 5.21. The number of amides is 1. The maximum atomic E-state index is 13.5. The fourth-order valence-electron chi connectivity index (χ4n) is 3.42. The Kier molecular flexibility index (Phi) is 8.85. The van der Waals surface area contributed by atoms with Gasteiger partial charge < -0.3 is 10.1 Å². The van der Waals surface area contributed by atoms with Crippen LogP contribution in [-0.4, -0.2) is 42.4 Å². The molecule has 0 saturated carbocycles. The second-order valence-corrected chi connectivity index (χ2v) is 12.4. The van der Waals surface area contributed by atoms with E-state index in [2.05, 4.69) is 10.0 Å². The summed E-state index contributed by atoms with van der Waals surface area (Å²) in [4.78, 5) is 13.1. The first-order chi connectivity index (χ1) is 17.3. The van der Waals surface area contributed by atoms with Crippen LogP contribution in [0, 0.1) is 6.92 Å². The number of carbonyl (C=O) groups is 1. The normalized spacial score (nSPS) is 11.8. The Hall–Kier alpha value is -3.12. The Morgan fingerprint density at radius 1 is 0.973 bits per heavy atom. The van der Waals surface area contributed by atoms with Crippen molar-refractivity contribution >= 4 is 48.9 Å². The lowest BCUT2D eigenvalue weighted by Crippen LogP contribution is -2.38. The van der Waals surface area contributed by atoms with Crippen LogP contribution < -0.4 is 19.1 Å². The lowest BCUT2D eigenvalue weighted by atomic mass is 10.2. The van der Waals surface area contributed by atoms with E-state index in [0.29, 0.717) is 5.02 Å². The number of ether oxygens (including phenoxy) is 1. The predicted octanol–water partition coefficient (Wildman–Crippen LogP) is 4.18. The van der Waals surface area contributed by atoms with Crippen LogP contribution in [-0.2, 0) is 24.8 Å². The second kappa shape index (κ2) is 11.5. The molecule has 0 fully saturated rings. The van der Waals surface area contributed by atoms with Crippen LogP contribution in [0.2, 0.25) is 5.02 Å². The number of hydrogen-bond donors (Lipinski definition) is 2. The number of hydrogen-bond acceptors (Lipinski definition) is 6. The summed E-state index contributed by atoms with van der Waals surface area (Å²) >= 11 is 6.25. The molecule has 0 unspecified atom stereocenters. The zero-order valence-corrected chi connectivity index (χ0v) is 23.1. The fourth-order valence-corrected chi connectivity index (χ4v) is 6.31. The zero-order chi connectivity index (χ0) is 27.4. The van der Waals surface area contributed by atoms with Crippen LogP contribution in [0.1, 0.15) is 19.4 Å². The van der Waals surface area contributed by atoms with Crippen molar-refractivity contribution in [2.24, 2.45) is 0 Å². The molecule has 12 heteroatoms. The van der Waals surface area contributed by atoms with Crippen molar-refractivity contribution in [1.29, 1.82) is 0 Å². The molecule has 2 N–H and O–H groups in total. The Morgan fingerprint density at radius 2 is 1.65 bits per heavy atom. The number of sulfonamides is 2. The highest BCUT2D eigenvalue weighted by Crippen LogP contribution is 2.30. The molecule has 3 aromatic carbocycles. The molecule has 198 valence electrons. The van der Waals surface area contributed by atoms with Gasteiger partial charge in [0.25, 0.3) is 10.0 Å². The summed E-state index contributed by atoms with van der Waals surface area (Å²) < 4.78 is 61.0. The number of rotatable bonds is 10. The van der Waals surface area contributed by atoms with Gasteiger partial charge in [0.2, 0.25) is 15.9 Å². The van der Waals surface area contributed by atoms with E-state index in [-0.39, 0.29) is 33.0 Å². The lowest BCUT2D eigenvalue weighted by Gasteiger charge is -2.25. The standard InChI is InChI=1S/C25H28ClN3O6S2/c1-17(2)28-36(31,32)21-12-13-24(35-4)23(15-21)27-25(30)16-29(19-11-10-18(3)22(26)14-19)37(33,34)20-8-6-5-7-9-20/h5-15,17,28H,16H2,1-4H3,(H,27,30). The quantitative estimate of drug-likeness (QED) is 0.380. The third-order valence-corrected chi connectivity index (χ3v) is 9.06. The van der Waals surface area contributed by atoms with Gasteiger partial charge in [-0.05, 0) is 68.8 Å². The topological polar surface area (TPSA) is 122 Å². The molecule has 3 rings (SSSR count). The predicted molar refractivity (Wildman–Crippen MR) is 144 cm³/mol. The van der Waals surface area contributed by atoms with Crippen LogP contribution in [0.5, 0.6) is 5.75 Å². The molecule has 0 atom stereocenters. The van der Waals surface area contributed by atoms with Gasteiger partial charge in [-0.2, -0.15) is 0 Å². The molecule has 9 nitrogen and oxygen atoms in total. The van der Waals surface area contributed by atoms with Crippen molar-refractivity contribution in [3.8, 4) is 5.75 Å². The van der Waals surface area contributed by atoms with Crippen LogP contribution in [0.25, 0.3) is 0 Å². The highest BCUT2D eigenvalue weighted by Gasteiger charge is 2.28. The van der Waals surface area contributed by atoms with Crippen LogP contribution in [0.15, 0.2) is 76.5 Å². The molecule has 0 aromatic heterocycles. The number of methoxy groups -OCH3 is 1. The van der Waals surface area contributed by atoms with Crippen molar-refractivity contribution in [1.82, 2.24) is 4.72 Å². The summed E-state index contributed by atoms with van der Waals surface area (Å²) in [6.07, 6.45) is 0. The molecule has 0 aliphatic rings. The van der Waals surface area contributed by atoms with Gasteiger partial charge in [-0.3, -0.25) is 9.10 Å². The molecule has 0 aliphatic carbocycles. The molecule has 0 spiro atoms. The van der Waals surface area contributed by atoms with E-state index in [1.54, 1.807) is 51.1 Å². The van der Waals surface area contributed by atoms with Gasteiger partial charge in [0.05, 0.1) is 28.3 Å². The monoisotopic (exact) mass is 565 g/mol. The summed E-state index contributed by atoms with van der Waals surface area (Å²) in [6.45, 7) is 4.53. The number of halogens is 1. The first-order valence-electron chi connectivity index (χ1n) is 11.2. The summed E-state index contributed by atoms with van der Waals surface area (Å²) in [5.41, 5.74) is 1.00. The number of benzene rings is 3. The molecule has 1 amide bonds. The SMILES string of the molecule is COc1ccc(S(=O)(=O)NC(C)C)cc1NC(=O)CN(c1ccc(C)c(Cl)c1)S(=O)(=O)c1ccccc1. The van der Waals surface area contributed by atoms with Gasteiger partial charge in [-0.15, -0.1) is 0 Å². The largest absolute Gasteiger partial charge is 0.495 e. The number of nitrogens with one attached hydrogen (secondary N) is 2. The number of aryl methyl sites for hydroxylation is 1. The summed E-state index contributed by atoms with van der Waals surface area (Å²) in [6, 6.07) is 16.0. The molecule has 0 aliphatic heterocycles. The highest BCUT2D eigenvalue weighted by molar-refractivity contribution is 7.92.